The number of thiazole rings is 1. The number of carbonyl (C=O) groups is 1. The second-order valence-electron chi connectivity index (χ2n) is 9.43. The molecule has 5 rings (SSSR count). The Morgan fingerprint density at radius 2 is 1.93 bits per heavy atom. The van der Waals surface area contributed by atoms with Gasteiger partial charge in [-0.15, -0.1) is 0 Å². The monoisotopic (exact) mass is 593 g/mol. The van der Waals surface area contributed by atoms with Gasteiger partial charge in [0.2, 0.25) is 0 Å². The number of halogens is 1. The van der Waals surface area contributed by atoms with Crippen molar-refractivity contribution in [3.8, 4) is 17.1 Å². The average molecular weight is 594 g/mol. The SMILES string of the molecule is COc1ccc(-c2ccc(/C=c3\sc4n(c3=O)[C@@H](c3ccc(Cl)cc3)C(C(=O)OC(C)C)=C(C)N=4)o2)c([N+](=O)[O-])c1. The Morgan fingerprint density at radius 3 is 2.59 bits per heavy atom. The molecule has 0 bridgehead atoms. The van der Waals surface area contributed by atoms with Gasteiger partial charge in [-0.1, -0.05) is 35.1 Å². The van der Waals surface area contributed by atoms with E-state index < -0.39 is 16.9 Å². The Balaban J connectivity index is 1.62. The van der Waals surface area contributed by atoms with Gasteiger partial charge in [0.25, 0.3) is 11.2 Å². The largest absolute Gasteiger partial charge is 0.497 e. The summed E-state index contributed by atoms with van der Waals surface area (Å²) in [5, 5.41) is 12.2. The third-order valence-electron chi connectivity index (χ3n) is 6.34. The second-order valence-corrected chi connectivity index (χ2v) is 10.9. The summed E-state index contributed by atoms with van der Waals surface area (Å²) in [6.45, 7) is 5.20. The minimum absolute atomic E-state index is 0.177. The number of esters is 1. The fourth-order valence-electron chi connectivity index (χ4n) is 4.52. The highest BCUT2D eigenvalue weighted by Crippen LogP contribution is 2.35. The molecule has 2 aromatic carbocycles. The van der Waals surface area contributed by atoms with Crippen LogP contribution in [0.1, 0.15) is 38.1 Å². The minimum atomic E-state index is -0.786. The lowest BCUT2D eigenvalue weighted by atomic mass is 9.96. The van der Waals surface area contributed by atoms with Gasteiger partial charge in [-0.05, 0) is 62.7 Å². The van der Waals surface area contributed by atoms with Gasteiger partial charge in [-0.25, -0.2) is 9.79 Å². The zero-order valence-electron chi connectivity index (χ0n) is 22.4. The number of ether oxygens (including phenoxy) is 2. The third kappa shape index (κ3) is 5.46. The van der Waals surface area contributed by atoms with Gasteiger partial charge in [-0.2, -0.15) is 0 Å². The van der Waals surface area contributed by atoms with E-state index in [4.69, 9.17) is 25.5 Å². The van der Waals surface area contributed by atoms with Crippen LogP contribution >= 0.6 is 22.9 Å². The van der Waals surface area contributed by atoms with E-state index in [1.807, 2.05) is 0 Å². The van der Waals surface area contributed by atoms with Crippen molar-refractivity contribution in [1.82, 2.24) is 4.57 Å². The van der Waals surface area contributed by atoms with Crippen molar-refractivity contribution in [2.24, 2.45) is 4.99 Å². The van der Waals surface area contributed by atoms with Gasteiger partial charge in [-0.3, -0.25) is 19.5 Å². The maximum Gasteiger partial charge on any atom is 0.338 e. The predicted molar refractivity (Wildman–Crippen MR) is 154 cm³/mol. The predicted octanol–water partition coefficient (Wildman–Crippen LogP) is 5.02. The van der Waals surface area contributed by atoms with E-state index in [1.54, 1.807) is 75.4 Å². The Kier molecular flexibility index (Phi) is 7.65. The van der Waals surface area contributed by atoms with E-state index in [2.05, 4.69) is 4.99 Å². The number of nitro groups is 1. The molecule has 0 aliphatic carbocycles. The van der Waals surface area contributed by atoms with Gasteiger partial charge < -0.3 is 13.9 Å². The van der Waals surface area contributed by atoms with Crippen molar-refractivity contribution in [2.45, 2.75) is 32.9 Å². The summed E-state index contributed by atoms with van der Waals surface area (Å²) in [5.74, 6) is 0.350. The molecule has 2 aromatic heterocycles. The highest BCUT2D eigenvalue weighted by atomic mass is 35.5. The zero-order valence-corrected chi connectivity index (χ0v) is 24.0. The number of hydrogen-bond donors (Lipinski definition) is 0. The molecule has 0 amide bonds. The summed E-state index contributed by atoms with van der Waals surface area (Å²) in [7, 11) is 1.43. The molecule has 12 heteroatoms. The van der Waals surface area contributed by atoms with Gasteiger partial charge in [0.1, 0.15) is 17.3 Å². The maximum atomic E-state index is 13.8. The number of hydrogen-bond acceptors (Lipinski definition) is 9. The van der Waals surface area contributed by atoms with Gasteiger partial charge >= 0.3 is 5.97 Å². The highest BCUT2D eigenvalue weighted by Gasteiger charge is 2.33. The lowest BCUT2D eigenvalue weighted by molar-refractivity contribution is -0.384. The molecular formula is C29H24ClN3O7S. The van der Waals surface area contributed by atoms with Gasteiger partial charge in [0, 0.05) is 11.1 Å². The van der Waals surface area contributed by atoms with Crippen LogP contribution in [0, 0.1) is 10.1 Å². The standard InChI is InChI=1S/C29H24ClN3O7S/c1-15(2)39-28(35)25-16(3)31-29-32(26(25)17-5-7-18(30)8-6-17)27(34)24(41-29)14-20-10-12-23(40-20)21-11-9-19(38-4)13-22(21)33(36)37/h5-15,26H,1-4H3/b24-14-/t26-/m0/s1. The topological polar surface area (TPSA) is 126 Å². The van der Waals surface area contributed by atoms with E-state index in [-0.39, 0.29) is 34.2 Å². The summed E-state index contributed by atoms with van der Waals surface area (Å²) in [4.78, 5) is 43.1. The van der Waals surface area contributed by atoms with Crippen molar-refractivity contribution in [3.05, 3.63) is 112 Å². The van der Waals surface area contributed by atoms with Crippen LogP contribution in [0.4, 0.5) is 5.69 Å². The summed E-state index contributed by atoms with van der Waals surface area (Å²) >= 11 is 7.25. The maximum absolute atomic E-state index is 13.8. The number of allylic oxidation sites excluding steroid dienone is 1. The molecule has 1 atom stereocenters. The van der Waals surface area contributed by atoms with Crippen LogP contribution < -0.4 is 19.6 Å². The number of nitrogens with zero attached hydrogens (tertiary/aromatic N) is 3. The van der Waals surface area contributed by atoms with Crippen LogP contribution in [-0.2, 0) is 9.53 Å². The third-order valence-corrected chi connectivity index (χ3v) is 7.57. The first kappa shape index (κ1) is 28.1. The molecule has 0 spiro atoms. The molecule has 0 fully saturated rings. The Labute approximate surface area is 242 Å². The number of fused-ring (bicyclic) bond motifs is 1. The molecular weight excluding hydrogens is 570 g/mol. The fourth-order valence-corrected chi connectivity index (χ4v) is 5.68. The molecule has 0 N–H and O–H groups in total. The van der Waals surface area contributed by atoms with Crippen LogP contribution in [0.15, 0.2) is 80.1 Å². The van der Waals surface area contributed by atoms with Crippen LogP contribution in [-0.4, -0.2) is 28.7 Å². The molecule has 0 radical (unpaired) electrons. The van der Waals surface area contributed by atoms with E-state index in [0.29, 0.717) is 37.1 Å². The lowest BCUT2D eigenvalue weighted by Gasteiger charge is -2.25. The molecule has 0 saturated heterocycles. The molecule has 3 heterocycles. The van der Waals surface area contributed by atoms with Gasteiger partial charge in [0.05, 0.1) is 51.6 Å². The summed E-state index contributed by atoms with van der Waals surface area (Å²) in [6, 6.07) is 13.8. The number of methoxy groups -OCH3 is 1. The number of carbonyl (C=O) groups excluding carboxylic acids is 1. The smallest absolute Gasteiger partial charge is 0.338 e. The Bertz CT molecular complexity index is 1880. The van der Waals surface area contributed by atoms with Crippen molar-refractivity contribution in [1.29, 1.82) is 0 Å². The van der Waals surface area contributed by atoms with Crippen LogP contribution in [0.3, 0.4) is 0 Å². The average Bonchev–Trinajstić information content (AvgIpc) is 3.51. The summed E-state index contributed by atoms with van der Waals surface area (Å²) in [5.41, 5.74) is 1.07. The Hall–Kier alpha value is -4.48. The molecule has 41 heavy (non-hydrogen) atoms. The van der Waals surface area contributed by atoms with E-state index in [9.17, 15) is 19.7 Å². The van der Waals surface area contributed by atoms with Crippen molar-refractivity contribution in [3.63, 3.8) is 0 Å². The first-order valence-corrected chi connectivity index (χ1v) is 13.7. The molecule has 0 saturated carbocycles. The van der Waals surface area contributed by atoms with E-state index >= 15 is 0 Å². The molecule has 10 nitrogen and oxygen atoms in total. The number of benzene rings is 2. The summed E-state index contributed by atoms with van der Waals surface area (Å²) < 4.78 is 18.3. The van der Waals surface area contributed by atoms with Crippen LogP contribution in [0.25, 0.3) is 17.4 Å². The first-order valence-electron chi connectivity index (χ1n) is 12.5. The second kappa shape index (κ2) is 11.2. The molecule has 1 aliphatic heterocycles. The quantitative estimate of drug-likeness (QED) is 0.167. The molecule has 0 unspecified atom stereocenters. The summed E-state index contributed by atoms with van der Waals surface area (Å²) in [6.07, 6.45) is 1.18. The highest BCUT2D eigenvalue weighted by molar-refractivity contribution is 7.07. The number of nitro benzene ring substituents is 1. The lowest BCUT2D eigenvalue weighted by Crippen LogP contribution is -2.40. The number of furan rings is 1. The normalized spacial score (nSPS) is 15.1. The van der Waals surface area contributed by atoms with Crippen molar-refractivity contribution < 1.29 is 23.6 Å². The van der Waals surface area contributed by atoms with E-state index in [0.717, 1.165) is 11.3 Å². The van der Waals surface area contributed by atoms with Gasteiger partial charge in [0.15, 0.2) is 4.80 Å². The molecule has 1 aliphatic rings. The van der Waals surface area contributed by atoms with Crippen molar-refractivity contribution in [2.75, 3.05) is 7.11 Å². The number of rotatable bonds is 7. The Morgan fingerprint density at radius 1 is 1.20 bits per heavy atom. The first-order chi connectivity index (χ1) is 19.6. The molecule has 210 valence electrons. The fraction of sp³-hybridized carbons (Fsp3) is 0.207. The minimum Gasteiger partial charge on any atom is -0.497 e. The van der Waals surface area contributed by atoms with Crippen LogP contribution in [0.5, 0.6) is 5.75 Å². The zero-order chi connectivity index (χ0) is 29.4. The van der Waals surface area contributed by atoms with E-state index in [1.165, 1.54) is 17.7 Å². The molecule has 4 aromatic rings. The number of aromatic nitrogens is 1. The van der Waals surface area contributed by atoms with Crippen LogP contribution in [0.2, 0.25) is 5.02 Å². The van der Waals surface area contributed by atoms with Crippen molar-refractivity contribution >= 4 is 40.7 Å².